The van der Waals surface area contributed by atoms with Gasteiger partial charge in [-0.3, -0.25) is 4.79 Å². The second-order valence-corrected chi connectivity index (χ2v) is 8.69. The number of hydrogen-bond acceptors (Lipinski definition) is 6. The SMILES string of the molecule is CC(=O)N1CCC[C@@H]1CSc1ncc(B2OC(C)(C)C(C)(C)O2)cn1. The van der Waals surface area contributed by atoms with Crippen LogP contribution in [-0.2, 0) is 14.1 Å². The third-order valence-corrected chi connectivity index (χ3v) is 6.38. The van der Waals surface area contributed by atoms with Crippen LogP contribution in [0.5, 0.6) is 0 Å². The quantitative estimate of drug-likeness (QED) is 0.462. The van der Waals surface area contributed by atoms with Crippen LogP contribution in [0.4, 0.5) is 0 Å². The molecule has 3 heterocycles. The number of carbonyl (C=O) groups excluding carboxylic acids is 1. The molecule has 3 rings (SSSR count). The predicted molar refractivity (Wildman–Crippen MR) is 98.9 cm³/mol. The predicted octanol–water partition coefficient (Wildman–Crippen LogP) is 1.88. The second-order valence-electron chi connectivity index (χ2n) is 7.71. The fraction of sp³-hybridized carbons (Fsp3) is 0.706. The van der Waals surface area contributed by atoms with E-state index >= 15 is 0 Å². The van der Waals surface area contributed by atoms with Gasteiger partial charge < -0.3 is 14.2 Å². The molecule has 0 bridgehead atoms. The highest BCUT2D eigenvalue weighted by atomic mass is 32.2. The average Bonchev–Trinajstić information content (AvgIpc) is 3.08. The van der Waals surface area contributed by atoms with Crippen molar-refractivity contribution in [3.8, 4) is 0 Å². The number of carbonyl (C=O) groups is 1. The van der Waals surface area contributed by atoms with Crippen molar-refractivity contribution < 1.29 is 14.1 Å². The van der Waals surface area contributed by atoms with Gasteiger partial charge in [0.25, 0.3) is 0 Å². The number of aromatic nitrogens is 2. The summed E-state index contributed by atoms with van der Waals surface area (Å²) in [6.07, 6.45) is 5.68. The second kappa shape index (κ2) is 6.89. The summed E-state index contributed by atoms with van der Waals surface area (Å²) in [4.78, 5) is 22.4. The topological polar surface area (TPSA) is 64.6 Å². The standard InChI is InChI=1S/C17H26BN3O3S/c1-12(22)21-8-6-7-14(21)11-25-15-19-9-13(10-20-15)18-23-16(2,3)17(4,5)24-18/h9-10,14H,6-8,11H2,1-5H3/t14-/m1/s1. The first-order valence-corrected chi connectivity index (χ1v) is 9.76. The van der Waals surface area contributed by atoms with E-state index in [4.69, 9.17) is 9.31 Å². The molecule has 2 fully saturated rings. The summed E-state index contributed by atoms with van der Waals surface area (Å²) < 4.78 is 12.0. The molecule has 0 unspecified atom stereocenters. The van der Waals surface area contributed by atoms with E-state index in [2.05, 4.69) is 9.97 Å². The van der Waals surface area contributed by atoms with Crippen LogP contribution in [0, 0.1) is 0 Å². The molecule has 25 heavy (non-hydrogen) atoms. The highest BCUT2D eigenvalue weighted by Crippen LogP contribution is 2.36. The van der Waals surface area contributed by atoms with Crippen LogP contribution < -0.4 is 5.46 Å². The molecule has 0 saturated carbocycles. The maximum Gasteiger partial charge on any atom is 0.498 e. The fourth-order valence-corrected chi connectivity index (χ4v) is 4.04. The van der Waals surface area contributed by atoms with E-state index < -0.39 is 7.12 Å². The molecule has 0 aromatic carbocycles. The zero-order chi connectivity index (χ0) is 18.2. The van der Waals surface area contributed by atoms with Gasteiger partial charge in [-0.2, -0.15) is 0 Å². The summed E-state index contributed by atoms with van der Waals surface area (Å²) in [5.74, 6) is 0.982. The van der Waals surface area contributed by atoms with Crippen LogP contribution in [0.15, 0.2) is 17.6 Å². The Morgan fingerprint density at radius 2 is 1.88 bits per heavy atom. The zero-order valence-electron chi connectivity index (χ0n) is 15.6. The Bertz CT molecular complexity index is 623. The van der Waals surface area contributed by atoms with E-state index in [-0.39, 0.29) is 23.2 Å². The van der Waals surface area contributed by atoms with Gasteiger partial charge in [-0.05, 0) is 40.5 Å². The van der Waals surface area contributed by atoms with Gasteiger partial charge in [0.2, 0.25) is 5.91 Å². The maximum atomic E-state index is 11.6. The number of amides is 1. The van der Waals surface area contributed by atoms with Gasteiger partial charge in [-0.15, -0.1) is 0 Å². The summed E-state index contributed by atoms with van der Waals surface area (Å²) in [7, 11) is -0.438. The smallest absolute Gasteiger partial charge is 0.399 e. The Balaban J connectivity index is 1.59. The molecule has 6 nitrogen and oxygen atoms in total. The van der Waals surface area contributed by atoms with Gasteiger partial charge in [-0.25, -0.2) is 9.97 Å². The summed E-state index contributed by atoms with van der Waals surface area (Å²) in [5.41, 5.74) is 0.0854. The van der Waals surface area contributed by atoms with E-state index in [1.807, 2.05) is 32.6 Å². The normalized spacial score (nSPS) is 24.8. The zero-order valence-corrected chi connectivity index (χ0v) is 16.4. The molecule has 0 spiro atoms. The van der Waals surface area contributed by atoms with Crippen molar-refractivity contribution in [2.24, 2.45) is 0 Å². The minimum atomic E-state index is -0.438. The molecule has 1 aromatic heterocycles. The molecule has 0 aliphatic carbocycles. The van der Waals surface area contributed by atoms with E-state index in [1.54, 1.807) is 31.1 Å². The summed E-state index contributed by atoms with van der Waals surface area (Å²) in [5, 5.41) is 0.718. The van der Waals surface area contributed by atoms with E-state index in [0.717, 1.165) is 35.8 Å². The number of likely N-dealkylation sites (tertiary alicyclic amines) is 1. The minimum absolute atomic E-state index is 0.153. The Morgan fingerprint density at radius 3 is 2.44 bits per heavy atom. The molecular weight excluding hydrogens is 337 g/mol. The Hall–Kier alpha value is -1.12. The van der Waals surface area contributed by atoms with Crippen molar-refractivity contribution in [2.45, 2.75) is 69.9 Å². The van der Waals surface area contributed by atoms with Crippen molar-refractivity contribution in [3.63, 3.8) is 0 Å². The van der Waals surface area contributed by atoms with Gasteiger partial charge >= 0.3 is 7.12 Å². The molecule has 0 N–H and O–H groups in total. The van der Waals surface area contributed by atoms with Crippen molar-refractivity contribution >= 4 is 30.3 Å². The van der Waals surface area contributed by atoms with Crippen LogP contribution in [-0.4, -0.2) is 57.4 Å². The molecule has 8 heteroatoms. The van der Waals surface area contributed by atoms with Crippen LogP contribution >= 0.6 is 11.8 Å². The van der Waals surface area contributed by atoms with E-state index in [1.165, 1.54) is 0 Å². The Labute approximate surface area is 154 Å². The molecule has 0 radical (unpaired) electrons. The third kappa shape index (κ3) is 3.86. The molecule has 2 saturated heterocycles. The lowest BCUT2D eigenvalue weighted by atomic mass is 9.81. The fourth-order valence-electron chi connectivity index (χ4n) is 3.10. The Kier molecular flexibility index (Phi) is 5.15. The minimum Gasteiger partial charge on any atom is -0.399 e. The maximum absolute atomic E-state index is 11.6. The van der Waals surface area contributed by atoms with Gasteiger partial charge in [0, 0.05) is 43.1 Å². The lowest BCUT2D eigenvalue weighted by molar-refractivity contribution is -0.129. The van der Waals surface area contributed by atoms with Crippen LogP contribution in [0.25, 0.3) is 0 Å². The van der Waals surface area contributed by atoms with E-state index in [0.29, 0.717) is 0 Å². The molecule has 1 aromatic rings. The van der Waals surface area contributed by atoms with Gasteiger partial charge in [0.15, 0.2) is 5.16 Å². The highest BCUT2D eigenvalue weighted by molar-refractivity contribution is 7.99. The van der Waals surface area contributed by atoms with Crippen LogP contribution in [0.1, 0.15) is 47.5 Å². The monoisotopic (exact) mass is 363 g/mol. The van der Waals surface area contributed by atoms with E-state index in [9.17, 15) is 4.79 Å². The molecular formula is C17H26BN3O3S. The van der Waals surface area contributed by atoms with Crippen molar-refractivity contribution in [2.75, 3.05) is 12.3 Å². The lowest BCUT2D eigenvalue weighted by Gasteiger charge is -2.32. The Morgan fingerprint density at radius 1 is 1.28 bits per heavy atom. The first kappa shape index (κ1) is 18.7. The summed E-state index contributed by atoms with van der Waals surface area (Å²) in [6.45, 7) is 10.6. The van der Waals surface area contributed by atoms with Crippen LogP contribution in [0.2, 0.25) is 0 Å². The van der Waals surface area contributed by atoms with Crippen molar-refractivity contribution in [1.82, 2.24) is 14.9 Å². The molecule has 2 aliphatic heterocycles. The highest BCUT2D eigenvalue weighted by Gasteiger charge is 2.51. The third-order valence-electron chi connectivity index (χ3n) is 5.36. The summed E-state index contributed by atoms with van der Waals surface area (Å²) >= 11 is 1.59. The molecule has 2 aliphatic rings. The van der Waals surface area contributed by atoms with Crippen LogP contribution in [0.3, 0.4) is 0 Å². The van der Waals surface area contributed by atoms with Gasteiger partial charge in [0.1, 0.15) is 0 Å². The van der Waals surface area contributed by atoms with Gasteiger partial charge in [0.05, 0.1) is 11.2 Å². The van der Waals surface area contributed by atoms with Gasteiger partial charge in [-0.1, -0.05) is 11.8 Å². The first-order chi connectivity index (χ1) is 11.7. The molecule has 1 amide bonds. The number of nitrogens with zero attached hydrogens (tertiary/aromatic N) is 3. The average molecular weight is 363 g/mol. The lowest BCUT2D eigenvalue weighted by Crippen LogP contribution is -2.41. The number of thioether (sulfide) groups is 1. The number of rotatable bonds is 4. The van der Waals surface area contributed by atoms with Crippen molar-refractivity contribution in [1.29, 1.82) is 0 Å². The van der Waals surface area contributed by atoms with Crippen molar-refractivity contribution in [3.05, 3.63) is 12.4 Å². The number of hydrogen-bond donors (Lipinski definition) is 0. The summed E-state index contributed by atoms with van der Waals surface area (Å²) in [6, 6.07) is 0.286. The largest absolute Gasteiger partial charge is 0.498 e. The molecule has 136 valence electrons. The molecule has 1 atom stereocenters. The first-order valence-electron chi connectivity index (χ1n) is 8.77.